The number of anilines is 1. The topological polar surface area (TPSA) is 60.0 Å². The summed E-state index contributed by atoms with van der Waals surface area (Å²) < 4.78 is 1.87. The molecule has 0 aliphatic carbocycles. The summed E-state index contributed by atoms with van der Waals surface area (Å²) in [7, 11) is 0. The number of nitrogen functional groups attached to an aromatic ring is 1. The van der Waals surface area contributed by atoms with Gasteiger partial charge >= 0.3 is 0 Å². The van der Waals surface area contributed by atoms with E-state index in [1.54, 1.807) is 6.33 Å². The average Bonchev–Trinajstić information content (AvgIpc) is 2.89. The highest BCUT2D eigenvalue weighted by Crippen LogP contribution is 2.25. The molecule has 0 unspecified atom stereocenters. The van der Waals surface area contributed by atoms with Gasteiger partial charge in [-0.05, 0) is 49.8 Å². The third-order valence-electron chi connectivity index (χ3n) is 4.22. The van der Waals surface area contributed by atoms with Crippen molar-refractivity contribution in [3.63, 3.8) is 0 Å². The number of hydrogen-bond acceptors (Lipinski definition) is 4. The van der Waals surface area contributed by atoms with Crippen LogP contribution >= 0.6 is 11.6 Å². The fourth-order valence-electron chi connectivity index (χ4n) is 3.02. The molecule has 0 radical (unpaired) electrons. The molecule has 0 amide bonds. The lowest BCUT2D eigenvalue weighted by molar-refractivity contribution is 0.314. The Bertz CT molecular complexity index is 594. The summed E-state index contributed by atoms with van der Waals surface area (Å²) in [5, 5.41) is 10.8. The van der Waals surface area contributed by atoms with E-state index in [2.05, 4.69) is 34.3 Å². The van der Waals surface area contributed by atoms with Crippen LogP contribution in [0.5, 0.6) is 0 Å². The second-order valence-electron chi connectivity index (χ2n) is 5.78. The second kappa shape index (κ2) is 5.93. The lowest BCUT2D eigenvalue weighted by Crippen LogP contribution is -2.49. The van der Waals surface area contributed by atoms with E-state index in [1.807, 2.05) is 16.8 Å². The zero-order chi connectivity index (χ0) is 14.8. The van der Waals surface area contributed by atoms with Crippen LogP contribution in [-0.2, 0) is 6.42 Å². The Labute approximate surface area is 129 Å². The Balaban J connectivity index is 1.71. The number of benzene rings is 1. The summed E-state index contributed by atoms with van der Waals surface area (Å²) in [6, 6.07) is 8.58. The monoisotopic (exact) mass is 305 g/mol. The second-order valence-corrected chi connectivity index (χ2v) is 6.22. The minimum absolute atomic E-state index is 0.449. The molecule has 1 fully saturated rings. The van der Waals surface area contributed by atoms with Crippen molar-refractivity contribution in [2.24, 2.45) is 5.92 Å². The van der Waals surface area contributed by atoms with Crippen LogP contribution in [0, 0.1) is 5.92 Å². The number of hydrogen-bond donors (Lipinski definition) is 1. The van der Waals surface area contributed by atoms with E-state index in [1.165, 1.54) is 12.0 Å². The molecule has 1 saturated heterocycles. The number of nitrogens with two attached hydrogens (primary N) is 1. The molecule has 2 heterocycles. The van der Waals surface area contributed by atoms with Crippen LogP contribution in [0.3, 0.4) is 0 Å². The first-order valence-corrected chi connectivity index (χ1v) is 7.68. The molecule has 112 valence electrons. The van der Waals surface area contributed by atoms with Crippen LogP contribution in [0.4, 0.5) is 5.95 Å². The van der Waals surface area contributed by atoms with Crippen molar-refractivity contribution in [2.75, 3.05) is 17.3 Å². The molecule has 0 saturated carbocycles. The van der Waals surface area contributed by atoms with Crippen molar-refractivity contribution in [2.45, 2.75) is 32.2 Å². The molecule has 1 aromatic carbocycles. The maximum absolute atomic E-state index is 5.94. The smallest absolute Gasteiger partial charge is 0.240 e. The normalized spacial score (nSPS) is 22.5. The molecular formula is C15H20ClN5. The zero-order valence-electron chi connectivity index (χ0n) is 12.1. The Hall–Kier alpha value is -1.75. The number of piperidine rings is 1. The standard InChI is InChI=1S/C15H20ClN5/c1-11-2-3-13(8-12-4-6-14(16)7-5-12)9-20(11)21-10-18-19-15(21)17/h4-7,10-11,13H,2-3,8-9H2,1H3,(H2,17,19)/t11-,13-/m0/s1. The van der Waals surface area contributed by atoms with Gasteiger partial charge in [0.15, 0.2) is 0 Å². The van der Waals surface area contributed by atoms with Crippen LogP contribution in [-0.4, -0.2) is 27.5 Å². The first kappa shape index (κ1) is 14.2. The maximum Gasteiger partial charge on any atom is 0.240 e. The summed E-state index contributed by atoms with van der Waals surface area (Å²) in [5.74, 6) is 1.05. The van der Waals surface area contributed by atoms with Gasteiger partial charge in [0, 0.05) is 17.6 Å². The quantitative estimate of drug-likeness (QED) is 0.946. The molecule has 1 aliphatic rings. The SMILES string of the molecule is C[C@H]1CC[C@@H](Cc2ccc(Cl)cc2)CN1n1cnnc1N. The highest BCUT2D eigenvalue weighted by molar-refractivity contribution is 6.30. The van der Waals surface area contributed by atoms with Crippen LogP contribution in [0.15, 0.2) is 30.6 Å². The predicted octanol–water partition coefficient (Wildman–Crippen LogP) is 2.49. The van der Waals surface area contributed by atoms with Gasteiger partial charge in [-0.15, -0.1) is 10.2 Å². The van der Waals surface area contributed by atoms with Crippen molar-refractivity contribution in [1.29, 1.82) is 0 Å². The average molecular weight is 306 g/mol. The lowest BCUT2D eigenvalue weighted by Gasteiger charge is -2.39. The van der Waals surface area contributed by atoms with Gasteiger partial charge in [0.2, 0.25) is 5.95 Å². The molecule has 2 N–H and O–H groups in total. The molecule has 3 rings (SSSR count). The van der Waals surface area contributed by atoms with Gasteiger partial charge in [0.25, 0.3) is 0 Å². The lowest BCUT2D eigenvalue weighted by atomic mass is 9.89. The van der Waals surface area contributed by atoms with Gasteiger partial charge in [-0.25, -0.2) is 4.68 Å². The first-order valence-electron chi connectivity index (χ1n) is 7.30. The van der Waals surface area contributed by atoms with E-state index in [0.717, 1.165) is 24.4 Å². The molecule has 2 aromatic rings. The molecule has 1 aromatic heterocycles. The van der Waals surface area contributed by atoms with Gasteiger partial charge in [-0.1, -0.05) is 23.7 Å². The molecular weight excluding hydrogens is 286 g/mol. The summed E-state index contributed by atoms with van der Waals surface area (Å²) in [5.41, 5.74) is 7.21. The Kier molecular flexibility index (Phi) is 4.01. The van der Waals surface area contributed by atoms with Crippen molar-refractivity contribution >= 4 is 17.5 Å². The van der Waals surface area contributed by atoms with Crippen LogP contribution < -0.4 is 10.7 Å². The first-order chi connectivity index (χ1) is 10.1. The molecule has 0 bridgehead atoms. The van der Waals surface area contributed by atoms with E-state index in [-0.39, 0.29) is 0 Å². The van der Waals surface area contributed by atoms with Crippen molar-refractivity contribution in [1.82, 2.24) is 14.9 Å². The Morgan fingerprint density at radius 3 is 2.71 bits per heavy atom. The number of nitrogens with zero attached hydrogens (tertiary/aromatic N) is 4. The van der Waals surface area contributed by atoms with E-state index in [4.69, 9.17) is 17.3 Å². The van der Waals surface area contributed by atoms with E-state index in [9.17, 15) is 0 Å². The number of rotatable bonds is 3. The minimum atomic E-state index is 0.449. The van der Waals surface area contributed by atoms with Crippen LogP contribution in [0.25, 0.3) is 0 Å². The van der Waals surface area contributed by atoms with Gasteiger partial charge < -0.3 is 10.7 Å². The molecule has 1 aliphatic heterocycles. The highest BCUT2D eigenvalue weighted by atomic mass is 35.5. The van der Waals surface area contributed by atoms with E-state index >= 15 is 0 Å². The minimum Gasteiger partial charge on any atom is -0.366 e. The molecule has 2 atom stereocenters. The van der Waals surface area contributed by atoms with Crippen molar-refractivity contribution in [3.05, 3.63) is 41.2 Å². The molecule has 6 heteroatoms. The third kappa shape index (κ3) is 3.13. The number of halogens is 1. The molecule has 21 heavy (non-hydrogen) atoms. The van der Waals surface area contributed by atoms with Gasteiger partial charge in [-0.2, -0.15) is 0 Å². The zero-order valence-corrected chi connectivity index (χ0v) is 12.9. The summed E-state index contributed by atoms with van der Waals surface area (Å²) in [6.07, 6.45) is 5.12. The fourth-order valence-corrected chi connectivity index (χ4v) is 3.15. The maximum atomic E-state index is 5.94. The molecule has 5 nitrogen and oxygen atoms in total. The van der Waals surface area contributed by atoms with Gasteiger partial charge in [-0.3, -0.25) is 0 Å². The summed E-state index contributed by atoms with van der Waals surface area (Å²) in [4.78, 5) is 0. The summed E-state index contributed by atoms with van der Waals surface area (Å²) in [6.45, 7) is 3.18. The Morgan fingerprint density at radius 2 is 2.05 bits per heavy atom. The molecule has 0 spiro atoms. The van der Waals surface area contributed by atoms with E-state index in [0.29, 0.717) is 17.9 Å². The third-order valence-corrected chi connectivity index (χ3v) is 4.47. The van der Waals surface area contributed by atoms with Crippen molar-refractivity contribution < 1.29 is 0 Å². The largest absolute Gasteiger partial charge is 0.366 e. The van der Waals surface area contributed by atoms with Crippen LogP contribution in [0.1, 0.15) is 25.3 Å². The predicted molar refractivity (Wildman–Crippen MR) is 84.9 cm³/mol. The van der Waals surface area contributed by atoms with Crippen LogP contribution in [0.2, 0.25) is 5.02 Å². The number of aromatic nitrogens is 3. The van der Waals surface area contributed by atoms with E-state index < -0.39 is 0 Å². The van der Waals surface area contributed by atoms with Gasteiger partial charge in [0.05, 0.1) is 0 Å². The Morgan fingerprint density at radius 1 is 1.29 bits per heavy atom. The fraction of sp³-hybridized carbons (Fsp3) is 0.467. The summed E-state index contributed by atoms with van der Waals surface area (Å²) >= 11 is 5.94. The van der Waals surface area contributed by atoms with Crippen molar-refractivity contribution in [3.8, 4) is 0 Å². The highest BCUT2D eigenvalue weighted by Gasteiger charge is 2.27. The van der Waals surface area contributed by atoms with Gasteiger partial charge in [0.1, 0.15) is 6.33 Å².